The van der Waals surface area contributed by atoms with E-state index in [1.165, 1.54) is 0 Å². The molecule has 0 unspecified atom stereocenters. The topological polar surface area (TPSA) is 77.6 Å². The van der Waals surface area contributed by atoms with Crippen molar-refractivity contribution < 1.29 is 4.79 Å². The highest BCUT2D eigenvalue weighted by Crippen LogP contribution is 2.31. The van der Waals surface area contributed by atoms with Gasteiger partial charge in [0.25, 0.3) is 5.91 Å². The molecule has 0 saturated carbocycles. The quantitative estimate of drug-likeness (QED) is 0.795. The van der Waals surface area contributed by atoms with Crippen molar-refractivity contribution in [2.45, 2.75) is 32.2 Å². The summed E-state index contributed by atoms with van der Waals surface area (Å²) in [5.74, 6) is -0.0994. The third-order valence-electron chi connectivity index (χ3n) is 4.63. The largest absolute Gasteiger partial charge is 0.344 e. The van der Waals surface area contributed by atoms with Crippen LogP contribution in [-0.2, 0) is 13.5 Å². The van der Waals surface area contributed by atoms with Crippen molar-refractivity contribution in [3.05, 3.63) is 59.4 Å². The number of pyridine rings is 1. The van der Waals surface area contributed by atoms with E-state index >= 15 is 0 Å². The van der Waals surface area contributed by atoms with Gasteiger partial charge in [-0.15, -0.1) is 0 Å². The van der Waals surface area contributed by atoms with Crippen molar-refractivity contribution in [1.29, 1.82) is 0 Å². The molecule has 0 radical (unpaired) electrons. The van der Waals surface area contributed by atoms with E-state index in [0.29, 0.717) is 5.69 Å². The van der Waals surface area contributed by atoms with Crippen LogP contribution in [0.15, 0.2) is 36.8 Å². The van der Waals surface area contributed by atoms with Gasteiger partial charge in [-0.3, -0.25) is 14.5 Å². The fourth-order valence-corrected chi connectivity index (χ4v) is 3.47. The molecule has 7 heteroatoms. The summed E-state index contributed by atoms with van der Waals surface area (Å²) >= 11 is 0. The average Bonchev–Trinajstić information content (AvgIpc) is 3.19. The molecule has 0 aliphatic heterocycles. The first-order valence-corrected chi connectivity index (χ1v) is 8.42. The highest BCUT2D eigenvalue weighted by molar-refractivity contribution is 5.93. The van der Waals surface area contributed by atoms with Crippen LogP contribution in [0.5, 0.6) is 0 Å². The van der Waals surface area contributed by atoms with Gasteiger partial charge < -0.3 is 5.32 Å². The number of hydrogen-bond donors (Lipinski definition) is 1. The molecule has 128 valence electrons. The van der Waals surface area contributed by atoms with Crippen LogP contribution in [-0.4, -0.2) is 30.5 Å². The number of aromatic nitrogens is 5. The molecule has 0 bridgehead atoms. The van der Waals surface area contributed by atoms with Gasteiger partial charge in [-0.1, -0.05) is 0 Å². The summed E-state index contributed by atoms with van der Waals surface area (Å²) in [6, 6.07) is 5.66. The lowest BCUT2D eigenvalue weighted by Gasteiger charge is -2.24. The number of nitrogens with zero attached hydrogens (tertiary/aromatic N) is 5. The van der Waals surface area contributed by atoms with Crippen LogP contribution < -0.4 is 5.32 Å². The summed E-state index contributed by atoms with van der Waals surface area (Å²) in [6.45, 7) is 1.88. The monoisotopic (exact) mass is 336 g/mol. The first-order chi connectivity index (χ1) is 12.1. The van der Waals surface area contributed by atoms with E-state index in [2.05, 4.69) is 20.5 Å². The van der Waals surface area contributed by atoms with Crippen LogP contribution in [0, 0.1) is 6.92 Å². The van der Waals surface area contributed by atoms with E-state index in [1.807, 2.05) is 29.9 Å². The predicted octanol–water partition coefficient (Wildman–Crippen LogP) is 2.12. The standard InChI is InChI=1S/C18H20N6O/c1-12-10-17(23(2)22-12)18(25)21-15-4-3-5-16-14(15)11-20-24(16)13-6-8-19-9-7-13/h6-11,15H,3-5H2,1-2H3,(H,21,25)/t15-/m1/s1. The van der Waals surface area contributed by atoms with Crippen molar-refractivity contribution in [2.75, 3.05) is 0 Å². The van der Waals surface area contributed by atoms with Gasteiger partial charge in [0.2, 0.25) is 0 Å². The van der Waals surface area contributed by atoms with Crippen molar-refractivity contribution >= 4 is 5.91 Å². The van der Waals surface area contributed by atoms with Crippen LogP contribution in [0.25, 0.3) is 5.69 Å². The van der Waals surface area contributed by atoms with E-state index in [-0.39, 0.29) is 11.9 Å². The fraction of sp³-hybridized carbons (Fsp3) is 0.333. The molecule has 0 spiro atoms. The van der Waals surface area contributed by atoms with Crippen LogP contribution in [0.2, 0.25) is 0 Å². The van der Waals surface area contributed by atoms with E-state index in [0.717, 1.165) is 41.9 Å². The van der Waals surface area contributed by atoms with E-state index in [9.17, 15) is 4.79 Å². The zero-order valence-corrected chi connectivity index (χ0v) is 14.3. The van der Waals surface area contributed by atoms with Gasteiger partial charge in [-0.2, -0.15) is 10.2 Å². The van der Waals surface area contributed by atoms with Crippen LogP contribution in [0.4, 0.5) is 0 Å². The number of rotatable bonds is 3. The Bertz CT molecular complexity index is 911. The van der Waals surface area contributed by atoms with Crippen molar-refractivity contribution in [1.82, 2.24) is 29.9 Å². The number of fused-ring (bicyclic) bond motifs is 1. The molecule has 0 fully saturated rings. The Morgan fingerprint density at radius 2 is 2.12 bits per heavy atom. The van der Waals surface area contributed by atoms with E-state index in [4.69, 9.17) is 0 Å². The molecule has 25 heavy (non-hydrogen) atoms. The van der Waals surface area contributed by atoms with Gasteiger partial charge in [0.1, 0.15) is 5.69 Å². The summed E-state index contributed by atoms with van der Waals surface area (Å²) < 4.78 is 3.57. The van der Waals surface area contributed by atoms with Gasteiger partial charge in [0.15, 0.2) is 0 Å². The Labute approximate surface area is 145 Å². The van der Waals surface area contributed by atoms with Gasteiger partial charge in [0.05, 0.1) is 23.6 Å². The number of carbonyl (C=O) groups is 1. The zero-order chi connectivity index (χ0) is 17.4. The summed E-state index contributed by atoms with van der Waals surface area (Å²) in [4.78, 5) is 16.7. The maximum Gasteiger partial charge on any atom is 0.270 e. The second-order valence-electron chi connectivity index (χ2n) is 6.38. The van der Waals surface area contributed by atoms with Crippen LogP contribution in [0.1, 0.15) is 46.3 Å². The van der Waals surface area contributed by atoms with Gasteiger partial charge in [0, 0.05) is 30.7 Å². The molecular weight excluding hydrogens is 316 g/mol. The number of aryl methyl sites for hydroxylation is 2. The van der Waals surface area contributed by atoms with Crippen molar-refractivity contribution in [2.24, 2.45) is 7.05 Å². The SMILES string of the molecule is Cc1cc(C(=O)N[C@@H]2CCCc3c2cnn3-c2ccncc2)n(C)n1. The van der Waals surface area contributed by atoms with Gasteiger partial charge >= 0.3 is 0 Å². The Balaban J connectivity index is 1.61. The summed E-state index contributed by atoms with van der Waals surface area (Å²) in [7, 11) is 1.79. The first-order valence-electron chi connectivity index (χ1n) is 8.42. The Morgan fingerprint density at radius 1 is 1.32 bits per heavy atom. The molecule has 0 saturated heterocycles. The average molecular weight is 336 g/mol. The van der Waals surface area contributed by atoms with Crippen molar-refractivity contribution in [3.8, 4) is 5.69 Å². The Kier molecular flexibility index (Phi) is 3.83. The molecular formula is C18H20N6O. The molecule has 4 rings (SSSR count). The van der Waals surface area contributed by atoms with Crippen molar-refractivity contribution in [3.63, 3.8) is 0 Å². The molecule has 3 aromatic heterocycles. The Morgan fingerprint density at radius 3 is 2.84 bits per heavy atom. The smallest absolute Gasteiger partial charge is 0.270 e. The Hall–Kier alpha value is -2.96. The zero-order valence-electron chi connectivity index (χ0n) is 14.3. The number of carbonyl (C=O) groups excluding carboxylic acids is 1. The first kappa shape index (κ1) is 15.6. The van der Waals surface area contributed by atoms with Crippen LogP contribution in [0.3, 0.4) is 0 Å². The van der Waals surface area contributed by atoms with E-state index < -0.39 is 0 Å². The fourth-order valence-electron chi connectivity index (χ4n) is 3.47. The lowest BCUT2D eigenvalue weighted by Crippen LogP contribution is -2.32. The lowest BCUT2D eigenvalue weighted by molar-refractivity contribution is 0.0923. The lowest BCUT2D eigenvalue weighted by atomic mass is 9.92. The minimum atomic E-state index is -0.0994. The molecule has 1 aliphatic carbocycles. The molecule has 1 aliphatic rings. The highest BCUT2D eigenvalue weighted by Gasteiger charge is 2.27. The number of hydrogen-bond acceptors (Lipinski definition) is 4. The number of nitrogens with one attached hydrogen (secondary N) is 1. The second-order valence-corrected chi connectivity index (χ2v) is 6.38. The normalized spacial score (nSPS) is 16.5. The van der Waals surface area contributed by atoms with Crippen LogP contribution >= 0.6 is 0 Å². The molecule has 3 heterocycles. The molecule has 7 nitrogen and oxygen atoms in total. The third kappa shape index (κ3) is 2.82. The summed E-state index contributed by atoms with van der Waals surface area (Å²) in [5.41, 5.74) is 4.65. The maximum atomic E-state index is 12.6. The highest BCUT2D eigenvalue weighted by atomic mass is 16.2. The minimum Gasteiger partial charge on any atom is -0.344 e. The second kappa shape index (κ2) is 6.16. The molecule has 3 aromatic rings. The third-order valence-corrected chi connectivity index (χ3v) is 4.63. The van der Waals surface area contributed by atoms with Gasteiger partial charge in [-0.25, -0.2) is 4.68 Å². The molecule has 1 atom stereocenters. The number of amides is 1. The summed E-state index contributed by atoms with van der Waals surface area (Å²) in [6.07, 6.45) is 8.27. The van der Waals surface area contributed by atoms with Gasteiger partial charge in [-0.05, 0) is 44.4 Å². The molecule has 1 amide bonds. The summed E-state index contributed by atoms with van der Waals surface area (Å²) in [5, 5.41) is 11.9. The molecule has 1 N–H and O–H groups in total. The maximum absolute atomic E-state index is 12.6. The predicted molar refractivity (Wildman–Crippen MR) is 92.4 cm³/mol. The minimum absolute atomic E-state index is 0.0259. The molecule has 0 aromatic carbocycles. The van der Waals surface area contributed by atoms with E-state index in [1.54, 1.807) is 30.2 Å².